The highest BCUT2D eigenvalue weighted by molar-refractivity contribution is 5.73. The van der Waals surface area contributed by atoms with Crippen LogP contribution >= 0.6 is 0 Å². The van der Waals surface area contributed by atoms with E-state index in [1.54, 1.807) is 27.7 Å². The molecule has 0 bridgehead atoms. The van der Waals surface area contributed by atoms with Crippen LogP contribution in [-0.4, -0.2) is 170 Å². The number of carbonyl (C=O) groups is 3. The first-order valence-electron chi connectivity index (χ1n) is 23.5. The summed E-state index contributed by atoms with van der Waals surface area (Å²) in [5.41, 5.74) is -2.96. The van der Waals surface area contributed by atoms with Gasteiger partial charge in [-0.25, -0.2) is 9.59 Å². The van der Waals surface area contributed by atoms with Crippen LogP contribution in [0.4, 0.5) is 9.59 Å². The molecule has 4 saturated heterocycles. The van der Waals surface area contributed by atoms with Gasteiger partial charge < -0.3 is 63.1 Å². The van der Waals surface area contributed by atoms with E-state index in [-0.39, 0.29) is 36.9 Å². The lowest BCUT2D eigenvalue weighted by atomic mass is 9.77. The van der Waals surface area contributed by atoms with E-state index < -0.39 is 102 Å². The molecule has 4 aliphatic rings. The first-order chi connectivity index (χ1) is 30.4. The van der Waals surface area contributed by atoms with Gasteiger partial charge in [-0.3, -0.25) is 9.69 Å². The maximum atomic E-state index is 14.7. The van der Waals surface area contributed by atoms with Gasteiger partial charge in [-0.2, -0.15) is 0 Å². The Balaban J connectivity index is 1.50. The van der Waals surface area contributed by atoms with Crippen molar-refractivity contribution in [3.05, 3.63) is 35.9 Å². The van der Waals surface area contributed by atoms with Crippen LogP contribution < -0.4 is 5.32 Å². The van der Waals surface area contributed by atoms with Crippen molar-refractivity contribution in [2.45, 2.75) is 192 Å². The summed E-state index contributed by atoms with van der Waals surface area (Å²) >= 11 is 0. The van der Waals surface area contributed by atoms with Gasteiger partial charge in [0.1, 0.15) is 17.8 Å². The number of hydrogen-bond donors (Lipinski definition) is 3. The minimum Gasteiger partial charge on any atom is -0.458 e. The number of nitrogens with zero attached hydrogens (tertiary/aromatic N) is 2. The van der Waals surface area contributed by atoms with E-state index in [2.05, 4.69) is 5.32 Å². The van der Waals surface area contributed by atoms with E-state index in [4.69, 9.17) is 42.6 Å². The van der Waals surface area contributed by atoms with Crippen LogP contribution in [0.3, 0.4) is 0 Å². The molecule has 1 aromatic rings. The molecule has 0 spiro atoms. The van der Waals surface area contributed by atoms with Crippen LogP contribution in [0.5, 0.6) is 0 Å². The van der Waals surface area contributed by atoms with E-state index in [1.807, 2.05) is 103 Å². The first-order valence-corrected chi connectivity index (χ1v) is 23.5. The van der Waals surface area contributed by atoms with Crippen molar-refractivity contribution in [2.24, 2.45) is 17.8 Å². The van der Waals surface area contributed by atoms with E-state index in [9.17, 15) is 24.6 Å². The number of nitrogens with one attached hydrogen (secondary N) is 1. The zero-order valence-electron chi connectivity index (χ0n) is 41.2. The smallest absolute Gasteiger partial charge is 0.458 e. The molecule has 17 heteroatoms. The Morgan fingerprint density at radius 1 is 0.969 bits per heavy atom. The SMILES string of the molecule is CC[C@H]1OC(=O)[C@H](C)[C@@H](O[C@H]2C[C@@](C)(OC)[C@@H](OC(=O)NCCc3ccccc3)[C@H](C)O2)[C@H](C)[C@@H](O[C@@H]2O[C@H](C)C[C@H](N(C)C)[C@H]2O)[C@](C)(O)C[C@@H](C)CN(C)[C@H](C)[C@H]2OC(=O)O[C@@]21C. The van der Waals surface area contributed by atoms with Gasteiger partial charge in [0, 0.05) is 44.6 Å². The Labute approximate surface area is 386 Å². The third-order valence-electron chi connectivity index (χ3n) is 14.4. The summed E-state index contributed by atoms with van der Waals surface area (Å²) in [5.74, 6) is -2.63. The van der Waals surface area contributed by atoms with Crippen molar-refractivity contribution in [1.82, 2.24) is 15.1 Å². The highest BCUT2D eigenvalue weighted by Gasteiger charge is 2.58. The Kier molecular flexibility index (Phi) is 17.8. The molecule has 4 aliphatic heterocycles. The van der Waals surface area contributed by atoms with Gasteiger partial charge in [0.25, 0.3) is 0 Å². The number of esters is 1. The summed E-state index contributed by atoms with van der Waals surface area (Å²) in [6, 6.07) is 9.13. The molecule has 3 N–H and O–H groups in total. The molecule has 4 heterocycles. The van der Waals surface area contributed by atoms with Gasteiger partial charge >= 0.3 is 18.2 Å². The van der Waals surface area contributed by atoms with Crippen molar-refractivity contribution in [3.63, 3.8) is 0 Å². The fourth-order valence-corrected chi connectivity index (χ4v) is 10.7. The Bertz CT molecular complexity index is 1720. The summed E-state index contributed by atoms with van der Waals surface area (Å²) in [4.78, 5) is 44.7. The quantitative estimate of drug-likeness (QED) is 0.197. The second kappa shape index (κ2) is 21.9. The fourth-order valence-electron chi connectivity index (χ4n) is 10.7. The minimum atomic E-state index is -1.59. The highest BCUT2D eigenvalue weighted by Crippen LogP contribution is 2.42. The molecule has 18 atom stereocenters. The number of aliphatic hydroxyl groups is 2. The number of amides is 1. The second-order valence-electron chi connectivity index (χ2n) is 20.1. The van der Waals surface area contributed by atoms with E-state index in [0.717, 1.165) is 5.56 Å². The van der Waals surface area contributed by atoms with Crippen LogP contribution in [0.25, 0.3) is 0 Å². The molecule has 4 fully saturated rings. The van der Waals surface area contributed by atoms with E-state index in [0.29, 0.717) is 32.4 Å². The number of aliphatic hydroxyl groups excluding tert-OH is 1. The van der Waals surface area contributed by atoms with Gasteiger partial charge in [0.2, 0.25) is 0 Å². The first kappa shape index (κ1) is 52.8. The third kappa shape index (κ3) is 12.3. The number of alkyl carbamates (subject to hydrolysis) is 1. The topological polar surface area (TPSA) is 193 Å². The van der Waals surface area contributed by atoms with E-state index >= 15 is 0 Å². The van der Waals surface area contributed by atoms with Gasteiger partial charge in [-0.15, -0.1) is 0 Å². The summed E-state index contributed by atoms with van der Waals surface area (Å²) in [7, 11) is 7.22. The van der Waals surface area contributed by atoms with E-state index in [1.165, 1.54) is 7.11 Å². The lowest BCUT2D eigenvalue weighted by Gasteiger charge is -2.49. The standard InChI is InChI=1S/C48H79N3O14/c1-15-35-48(10)40(64-45(55)65-48)31(6)51(13)26-27(2)24-46(8,56)39(62-43-37(52)34(50(11)12)23-28(3)58-43)29(4)38(30(5)42(53)60-35)61-36-25-47(9,57-14)41(32(7)59-36)63-44(54)49-22-21-33-19-17-16-18-20-33/h16-20,27-32,34-41,43,52,56H,15,21-26H2,1-14H3,(H,49,54)/t27-,28-,29+,30-,31-,32+,34+,35-,36+,37-,38+,39-,40-,41+,43+,46-,47-,48-/m1/s1. The number of carbonyl (C=O) groups excluding carboxylic acids is 3. The predicted molar refractivity (Wildman–Crippen MR) is 240 cm³/mol. The van der Waals surface area contributed by atoms with Gasteiger partial charge in [-0.1, -0.05) is 51.1 Å². The number of ether oxygens (including phenoxy) is 9. The van der Waals surface area contributed by atoms with Crippen molar-refractivity contribution in [1.29, 1.82) is 0 Å². The average molecular weight is 922 g/mol. The number of likely N-dealkylation sites (N-methyl/N-ethyl adjacent to an activating group) is 2. The van der Waals surface area contributed by atoms with Crippen LogP contribution in [0.1, 0.15) is 100 Å². The summed E-state index contributed by atoms with van der Waals surface area (Å²) in [5, 5.41) is 27.3. The number of methoxy groups -OCH3 is 1. The molecule has 0 saturated carbocycles. The molecule has 0 unspecified atom stereocenters. The molecule has 0 aliphatic carbocycles. The van der Waals surface area contributed by atoms with Crippen LogP contribution in [0, 0.1) is 17.8 Å². The lowest BCUT2D eigenvalue weighted by Crippen LogP contribution is -2.61. The molecule has 17 nitrogen and oxygen atoms in total. The molecule has 1 amide bonds. The number of fused-ring (bicyclic) bond motifs is 1. The predicted octanol–water partition coefficient (Wildman–Crippen LogP) is 5.06. The maximum Gasteiger partial charge on any atom is 0.509 e. The minimum absolute atomic E-state index is 0.0844. The molecule has 1 aromatic carbocycles. The summed E-state index contributed by atoms with van der Waals surface area (Å²) < 4.78 is 56.6. The van der Waals surface area contributed by atoms with Gasteiger partial charge in [-0.05, 0) is 107 Å². The van der Waals surface area contributed by atoms with Crippen molar-refractivity contribution >= 4 is 18.2 Å². The summed E-state index contributed by atoms with van der Waals surface area (Å²) in [6.07, 6.45) is -8.60. The van der Waals surface area contributed by atoms with Crippen LogP contribution in [0.2, 0.25) is 0 Å². The monoisotopic (exact) mass is 922 g/mol. The molecule has 0 radical (unpaired) electrons. The third-order valence-corrected chi connectivity index (χ3v) is 14.4. The Morgan fingerprint density at radius 2 is 1.65 bits per heavy atom. The fraction of sp³-hybridized carbons (Fsp3) is 0.812. The Morgan fingerprint density at radius 3 is 2.28 bits per heavy atom. The highest BCUT2D eigenvalue weighted by atomic mass is 16.8. The Hall–Kier alpha value is -3.13. The maximum absolute atomic E-state index is 14.7. The van der Waals surface area contributed by atoms with Crippen molar-refractivity contribution in [2.75, 3.05) is 41.3 Å². The molecule has 0 aromatic heterocycles. The van der Waals surface area contributed by atoms with Crippen LogP contribution in [0.15, 0.2) is 30.3 Å². The largest absolute Gasteiger partial charge is 0.509 e. The average Bonchev–Trinajstić information content (AvgIpc) is 3.55. The zero-order valence-corrected chi connectivity index (χ0v) is 41.2. The van der Waals surface area contributed by atoms with Gasteiger partial charge in [0.15, 0.2) is 30.4 Å². The van der Waals surface area contributed by atoms with Gasteiger partial charge in [0.05, 0.1) is 35.9 Å². The van der Waals surface area contributed by atoms with Crippen molar-refractivity contribution in [3.8, 4) is 0 Å². The lowest BCUT2D eigenvalue weighted by molar-refractivity contribution is -0.317. The number of cyclic esters (lactones) is 1. The second-order valence-corrected chi connectivity index (χ2v) is 20.1. The number of benzene rings is 1. The molecular weight excluding hydrogens is 843 g/mol. The van der Waals surface area contributed by atoms with Crippen LogP contribution in [-0.2, 0) is 53.8 Å². The molecule has 370 valence electrons. The molecule has 5 rings (SSSR count). The van der Waals surface area contributed by atoms with Crippen molar-refractivity contribution < 1.29 is 67.2 Å². The number of rotatable bonds is 11. The normalized spacial score (nSPS) is 42.4. The molecule has 65 heavy (non-hydrogen) atoms. The number of hydrogen-bond acceptors (Lipinski definition) is 16. The molecular formula is C48H79N3O14. The zero-order chi connectivity index (χ0) is 48.2. The summed E-state index contributed by atoms with van der Waals surface area (Å²) in [6.45, 7) is 19.1.